The molecule has 1 fully saturated rings. The molecule has 0 radical (unpaired) electrons. The van der Waals surface area contributed by atoms with Gasteiger partial charge in [0.1, 0.15) is 5.82 Å². The van der Waals surface area contributed by atoms with Gasteiger partial charge in [-0.2, -0.15) is 0 Å². The van der Waals surface area contributed by atoms with E-state index in [1.165, 1.54) is 6.07 Å². The molecule has 2 aromatic rings. The van der Waals surface area contributed by atoms with Crippen LogP contribution in [0.5, 0.6) is 0 Å². The van der Waals surface area contributed by atoms with E-state index in [9.17, 15) is 9.50 Å². The molecule has 1 heterocycles. The van der Waals surface area contributed by atoms with Crippen LogP contribution in [-0.2, 0) is 10.3 Å². The lowest BCUT2D eigenvalue weighted by Crippen LogP contribution is -2.37. The van der Waals surface area contributed by atoms with Crippen molar-refractivity contribution in [2.24, 2.45) is 0 Å². The molecule has 4 heteroatoms. The zero-order valence-corrected chi connectivity index (χ0v) is 12.7. The van der Waals surface area contributed by atoms with E-state index >= 15 is 0 Å². The van der Waals surface area contributed by atoms with Gasteiger partial charge >= 0.3 is 0 Å². The molecule has 0 spiro atoms. The summed E-state index contributed by atoms with van der Waals surface area (Å²) in [5.41, 5.74) is -0.253. The summed E-state index contributed by atoms with van der Waals surface area (Å²) in [5, 5.41) is 10.9. The number of anilines is 1. The third-order valence-corrected chi connectivity index (χ3v) is 4.12. The number of hydrogen-bond acceptors (Lipinski definition) is 3. The van der Waals surface area contributed by atoms with E-state index in [0.29, 0.717) is 43.1 Å². The molecule has 1 atom stereocenters. The average molecular weight is 311 g/mol. The zero-order valence-electron chi connectivity index (χ0n) is 12.7. The van der Waals surface area contributed by atoms with Crippen LogP contribution in [0.2, 0.25) is 0 Å². The first-order valence-corrected chi connectivity index (χ1v) is 7.53. The summed E-state index contributed by atoms with van der Waals surface area (Å²) < 4.78 is 19.8. The molecular weight excluding hydrogens is 293 g/mol. The van der Waals surface area contributed by atoms with E-state index in [0.717, 1.165) is 0 Å². The minimum atomic E-state index is -1.65. The van der Waals surface area contributed by atoms with Gasteiger partial charge in [0.05, 0.1) is 18.9 Å². The van der Waals surface area contributed by atoms with Gasteiger partial charge in [-0.3, -0.25) is 0 Å². The maximum atomic E-state index is 14.6. The van der Waals surface area contributed by atoms with Crippen LogP contribution in [0.4, 0.5) is 10.1 Å². The molecular formula is C19H18FNO2. The van der Waals surface area contributed by atoms with Gasteiger partial charge in [0, 0.05) is 24.2 Å². The molecule has 0 aliphatic carbocycles. The molecule has 2 aromatic carbocycles. The predicted octanol–water partition coefficient (Wildman–Crippen LogP) is 2.53. The van der Waals surface area contributed by atoms with Gasteiger partial charge in [0.25, 0.3) is 0 Å². The Bertz CT molecular complexity index is 720. The second kappa shape index (κ2) is 6.41. The summed E-state index contributed by atoms with van der Waals surface area (Å²) in [6, 6.07) is 13.5. The number of aliphatic hydroxyl groups is 1. The van der Waals surface area contributed by atoms with Gasteiger partial charge in [-0.1, -0.05) is 42.3 Å². The first-order valence-electron chi connectivity index (χ1n) is 7.53. The van der Waals surface area contributed by atoms with Crippen molar-refractivity contribution in [1.82, 2.24) is 0 Å². The Morgan fingerprint density at radius 1 is 1.09 bits per heavy atom. The molecule has 1 aliphatic heterocycles. The summed E-state index contributed by atoms with van der Waals surface area (Å²) in [5.74, 6) is 2.00. The van der Waals surface area contributed by atoms with Gasteiger partial charge < -0.3 is 14.7 Å². The Morgan fingerprint density at radius 2 is 1.78 bits per heavy atom. The van der Waals surface area contributed by atoms with Gasteiger partial charge in [-0.25, -0.2) is 4.39 Å². The third-order valence-electron chi connectivity index (χ3n) is 4.12. The molecule has 1 N–H and O–H groups in total. The first-order chi connectivity index (χ1) is 11.1. The second-order valence-corrected chi connectivity index (χ2v) is 5.49. The highest BCUT2D eigenvalue weighted by atomic mass is 19.1. The van der Waals surface area contributed by atoms with Crippen molar-refractivity contribution in [3.8, 4) is 12.3 Å². The van der Waals surface area contributed by atoms with Gasteiger partial charge in [0.15, 0.2) is 5.60 Å². The summed E-state index contributed by atoms with van der Waals surface area (Å²) in [6.45, 7) is 2.46. The molecule has 0 aromatic heterocycles. The molecule has 1 aliphatic rings. The van der Waals surface area contributed by atoms with Crippen LogP contribution in [0.1, 0.15) is 11.1 Å². The number of rotatable bonds is 3. The Labute approximate surface area is 135 Å². The highest BCUT2D eigenvalue weighted by Crippen LogP contribution is 2.32. The highest BCUT2D eigenvalue weighted by Gasteiger charge is 2.30. The van der Waals surface area contributed by atoms with Crippen LogP contribution in [0.25, 0.3) is 0 Å². The van der Waals surface area contributed by atoms with E-state index in [2.05, 4.69) is 5.92 Å². The lowest BCUT2D eigenvalue weighted by molar-refractivity contribution is 0.122. The topological polar surface area (TPSA) is 32.7 Å². The minimum absolute atomic E-state index is 0.348. The van der Waals surface area contributed by atoms with Crippen LogP contribution in [0.15, 0.2) is 48.5 Å². The Kier molecular flexibility index (Phi) is 4.33. The zero-order chi connectivity index (χ0) is 16.3. The average Bonchev–Trinajstić information content (AvgIpc) is 2.62. The quantitative estimate of drug-likeness (QED) is 0.884. The number of halogens is 1. The molecule has 3 nitrogen and oxygen atoms in total. The van der Waals surface area contributed by atoms with E-state index in [-0.39, 0.29) is 0 Å². The first kappa shape index (κ1) is 15.5. The van der Waals surface area contributed by atoms with Crippen LogP contribution in [-0.4, -0.2) is 31.4 Å². The van der Waals surface area contributed by atoms with Crippen molar-refractivity contribution in [3.63, 3.8) is 0 Å². The minimum Gasteiger partial charge on any atom is -0.378 e. The SMILES string of the molecule is C#CC(O)(c1ccccc1)c1ccc(N2CCOCC2)c(F)c1. The fourth-order valence-corrected chi connectivity index (χ4v) is 2.81. The smallest absolute Gasteiger partial charge is 0.176 e. The molecule has 0 amide bonds. The van der Waals surface area contributed by atoms with E-state index in [1.807, 2.05) is 11.0 Å². The molecule has 118 valence electrons. The van der Waals surface area contributed by atoms with Crippen molar-refractivity contribution in [1.29, 1.82) is 0 Å². The molecule has 0 saturated carbocycles. The third kappa shape index (κ3) is 2.94. The second-order valence-electron chi connectivity index (χ2n) is 5.49. The van der Waals surface area contributed by atoms with E-state index in [1.54, 1.807) is 36.4 Å². The van der Waals surface area contributed by atoms with Crippen LogP contribution < -0.4 is 4.90 Å². The lowest BCUT2D eigenvalue weighted by Gasteiger charge is -2.30. The summed E-state index contributed by atoms with van der Waals surface area (Å²) >= 11 is 0. The van der Waals surface area contributed by atoms with Crippen molar-refractivity contribution >= 4 is 5.69 Å². The molecule has 23 heavy (non-hydrogen) atoms. The van der Waals surface area contributed by atoms with Gasteiger partial charge in [-0.15, -0.1) is 6.42 Å². The van der Waals surface area contributed by atoms with Crippen molar-refractivity contribution in [3.05, 3.63) is 65.5 Å². The fourth-order valence-electron chi connectivity index (χ4n) is 2.81. The molecule has 0 bridgehead atoms. The summed E-state index contributed by atoms with van der Waals surface area (Å²) in [7, 11) is 0. The van der Waals surface area contributed by atoms with Crippen molar-refractivity contribution < 1.29 is 14.2 Å². The Morgan fingerprint density at radius 3 is 2.39 bits per heavy atom. The van der Waals surface area contributed by atoms with Crippen LogP contribution >= 0.6 is 0 Å². The number of ether oxygens (including phenoxy) is 1. The number of benzene rings is 2. The summed E-state index contributed by atoms with van der Waals surface area (Å²) in [6.07, 6.45) is 5.55. The van der Waals surface area contributed by atoms with Gasteiger partial charge in [0.2, 0.25) is 0 Å². The van der Waals surface area contributed by atoms with Crippen LogP contribution in [0.3, 0.4) is 0 Å². The normalized spacial score (nSPS) is 17.3. The maximum Gasteiger partial charge on any atom is 0.176 e. The Hall–Kier alpha value is -2.35. The number of terminal acetylenes is 1. The highest BCUT2D eigenvalue weighted by molar-refractivity contribution is 5.53. The van der Waals surface area contributed by atoms with Crippen molar-refractivity contribution in [2.45, 2.75) is 5.60 Å². The van der Waals surface area contributed by atoms with Gasteiger partial charge in [-0.05, 0) is 12.1 Å². The number of nitrogens with zero attached hydrogens (tertiary/aromatic N) is 1. The monoisotopic (exact) mass is 311 g/mol. The standard InChI is InChI=1S/C19H18FNO2/c1-2-19(22,15-6-4-3-5-7-15)16-8-9-18(17(20)14-16)21-10-12-23-13-11-21/h1,3-9,14,22H,10-13H2. The lowest BCUT2D eigenvalue weighted by atomic mass is 9.87. The van der Waals surface area contributed by atoms with E-state index in [4.69, 9.17) is 11.2 Å². The summed E-state index contributed by atoms with van der Waals surface area (Å²) in [4.78, 5) is 1.93. The Balaban J connectivity index is 1.97. The predicted molar refractivity (Wildman–Crippen MR) is 87.7 cm³/mol. The largest absolute Gasteiger partial charge is 0.378 e. The fraction of sp³-hybridized carbons (Fsp3) is 0.263. The number of morpholine rings is 1. The maximum absolute atomic E-state index is 14.6. The number of hydrogen-bond donors (Lipinski definition) is 1. The molecule has 1 saturated heterocycles. The van der Waals surface area contributed by atoms with E-state index < -0.39 is 11.4 Å². The molecule has 1 unspecified atom stereocenters. The van der Waals surface area contributed by atoms with Crippen LogP contribution in [0, 0.1) is 18.2 Å². The molecule has 3 rings (SSSR count). The van der Waals surface area contributed by atoms with Crippen molar-refractivity contribution in [2.75, 3.05) is 31.2 Å².